The predicted molar refractivity (Wildman–Crippen MR) is 85.4 cm³/mol. The molecule has 0 spiro atoms. The van der Waals surface area contributed by atoms with Gasteiger partial charge in [-0.25, -0.2) is 0 Å². The molecule has 1 heterocycles. The van der Waals surface area contributed by atoms with Gasteiger partial charge in [0, 0.05) is 24.0 Å². The van der Waals surface area contributed by atoms with Crippen molar-refractivity contribution in [3.8, 4) is 0 Å². The Balaban J connectivity index is 1.86. The van der Waals surface area contributed by atoms with Crippen LogP contribution in [0.4, 0.5) is 0 Å². The van der Waals surface area contributed by atoms with Gasteiger partial charge in [0.2, 0.25) is 5.91 Å². The Morgan fingerprint density at radius 3 is 2.64 bits per heavy atom. The average Bonchev–Trinajstić information content (AvgIpc) is 2.72. The van der Waals surface area contributed by atoms with Crippen LogP contribution in [0, 0.1) is 0 Å². The summed E-state index contributed by atoms with van der Waals surface area (Å²) in [4.78, 5) is 37.2. The van der Waals surface area contributed by atoms with Crippen molar-refractivity contribution in [3.05, 3.63) is 33.8 Å². The van der Waals surface area contributed by atoms with E-state index < -0.39 is 0 Å². The fraction of sp³-hybridized carbons (Fsp3) is 0.400. The molecule has 2 rings (SSSR count). The monoisotopic (exact) mass is 367 g/mol. The van der Waals surface area contributed by atoms with E-state index in [2.05, 4.69) is 21.2 Å². The van der Waals surface area contributed by atoms with E-state index in [0.29, 0.717) is 30.6 Å². The van der Waals surface area contributed by atoms with Crippen LogP contribution >= 0.6 is 15.9 Å². The zero-order chi connectivity index (χ0) is 16.1. The Morgan fingerprint density at radius 1 is 1.18 bits per heavy atom. The summed E-state index contributed by atoms with van der Waals surface area (Å²) in [5.41, 5.74) is 6.17. The molecule has 0 aliphatic carbocycles. The fourth-order valence-electron chi connectivity index (χ4n) is 2.28. The highest BCUT2D eigenvalue weighted by Crippen LogP contribution is 2.26. The molecule has 6 nitrogen and oxygen atoms in total. The molecule has 3 amide bonds. The van der Waals surface area contributed by atoms with Crippen molar-refractivity contribution in [1.29, 1.82) is 0 Å². The summed E-state index contributed by atoms with van der Waals surface area (Å²) in [6.07, 6.45) is 1.46. The minimum Gasteiger partial charge on any atom is -0.356 e. The molecule has 1 aliphatic heterocycles. The molecule has 0 saturated heterocycles. The van der Waals surface area contributed by atoms with E-state index in [1.54, 1.807) is 18.2 Å². The van der Waals surface area contributed by atoms with Crippen molar-refractivity contribution in [2.24, 2.45) is 5.73 Å². The minimum atomic E-state index is -0.301. The van der Waals surface area contributed by atoms with E-state index in [9.17, 15) is 14.4 Å². The van der Waals surface area contributed by atoms with Gasteiger partial charge in [-0.3, -0.25) is 19.3 Å². The smallest absolute Gasteiger partial charge is 0.261 e. The Labute approximate surface area is 137 Å². The minimum absolute atomic E-state index is 0.0900. The molecule has 7 heteroatoms. The number of nitrogens with one attached hydrogen (secondary N) is 1. The van der Waals surface area contributed by atoms with Crippen LogP contribution < -0.4 is 11.1 Å². The Hall–Kier alpha value is -1.73. The first-order chi connectivity index (χ1) is 10.5. The van der Waals surface area contributed by atoms with Gasteiger partial charge in [0.25, 0.3) is 11.8 Å². The molecule has 0 fully saturated rings. The van der Waals surface area contributed by atoms with Crippen molar-refractivity contribution in [2.75, 3.05) is 19.6 Å². The molecule has 0 bridgehead atoms. The lowest BCUT2D eigenvalue weighted by molar-refractivity contribution is -0.121. The Morgan fingerprint density at radius 2 is 1.91 bits per heavy atom. The Kier molecular flexibility index (Phi) is 5.68. The van der Waals surface area contributed by atoms with Crippen molar-refractivity contribution >= 4 is 33.7 Å². The van der Waals surface area contributed by atoms with E-state index in [1.165, 1.54) is 4.90 Å². The molecule has 1 aliphatic rings. The third kappa shape index (κ3) is 3.72. The molecule has 0 aromatic heterocycles. The third-order valence-electron chi connectivity index (χ3n) is 3.42. The summed E-state index contributed by atoms with van der Waals surface area (Å²) in [5.74, 6) is -0.686. The summed E-state index contributed by atoms with van der Waals surface area (Å²) in [7, 11) is 0. The maximum Gasteiger partial charge on any atom is 0.261 e. The van der Waals surface area contributed by atoms with E-state index >= 15 is 0 Å². The predicted octanol–water partition coefficient (Wildman–Crippen LogP) is 1.29. The van der Waals surface area contributed by atoms with E-state index in [0.717, 1.165) is 10.9 Å². The number of benzene rings is 1. The lowest BCUT2D eigenvalue weighted by Crippen LogP contribution is -2.32. The maximum atomic E-state index is 12.2. The maximum absolute atomic E-state index is 12.2. The molecule has 0 radical (unpaired) electrons. The number of carbonyl (C=O) groups excluding carboxylic acids is 3. The van der Waals surface area contributed by atoms with Crippen LogP contribution in [0.3, 0.4) is 0 Å². The number of amides is 3. The molecule has 3 N–H and O–H groups in total. The van der Waals surface area contributed by atoms with Crippen LogP contribution in [-0.4, -0.2) is 42.3 Å². The third-order valence-corrected chi connectivity index (χ3v) is 3.91. The van der Waals surface area contributed by atoms with Crippen LogP contribution in [0.2, 0.25) is 0 Å². The number of rotatable bonds is 7. The van der Waals surface area contributed by atoms with Crippen molar-refractivity contribution in [1.82, 2.24) is 10.2 Å². The van der Waals surface area contributed by atoms with Gasteiger partial charge in [-0.15, -0.1) is 0 Å². The summed E-state index contributed by atoms with van der Waals surface area (Å²) in [6, 6.07) is 5.02. The number of nitrogens with two attached hydrogens (primary N) is 1. The van der Waals surface area contributed by atoms with Crippen molar-refractivity contribution in [3.63, 3.8) is 0 Å². The number of halogens is 1. The lowest BCUT2D eigenvalue weighted by Gasteiger charge is -2.13. The van der Waals surface area contributed by atoms with Gasteiger partial charge in [-0.05, 0) is 37.6 Å². The number of carbonyl (C=O) groups is 3. The zero-order valence-electron chi connectivity index (χ0n) is 12.1. The normalized spacial score (nSPS) is 13.5. The summed E-state index contributed by atoms with van der Waals surface area (Å²) < 4.78 is 0.758. The van der Waals surface area contributed by atoms with Gasteiger partial charge in [-0.2, -0.15) is 0 Å². The number of fused-ring (bicyclic) bond motifs is 1. The molecule has 0 atom stereocenters. The molecule has 1 aromatic rings. The fourth-order valence-corrected chi connectivity index (χ4v) is 2.64. The highest BCUT2D eigenvalue weighted by Gasteiger charge is 2.35. The first kappa shape index (κ1) is 16.6. The van der Waals surface area contributed by atoms with Crippen LogP contribution in [0.1, 0.15) is 40.0 Å². The number of hydrogen-bond acceptors (Lipinski definition) is 4. The lowest BCUT2D eigenvalue weighted by atomic mass is 10.1. The second-order valence-corrected chi connectivity index (χ2v) is 5.96. The molecule has 0 saturated carbocycles. The van der Waals surface area contributed by atoms with Gasteiger partial charge in [0.1, 0.15) is 0 Å². The van der Waals surface area contributed by atoms with Crippen LogP contribution in [0.15, 0.2) is 22.7 Å². The summed E-state index contributed by atoms with van der Waals surface area (Å²) in [5, 5.41) is 2.74. The molecule has 0 unspecified atom stereocenters. The first-order valence-corrected chi connectivity index (χ1v) is 7.96. The van der Waals surface area contributed by atoms with Gasteiger partial charge in [0.05, 0.1) is 11.1 Å². The van der Waals surface area contributed by atoms with Crippen molar-refractivity contribution < 1.29 is 14.4 Å². The first-order valence-electron chi connectivity index (χ1n) is 7.17. The van der Waals surface area contributed by atoms with Crippen LogP contribution in [0.5, 0.6) is 0 Å². The largest absolute Gasteiger partial charge is 0.356 e. The molecule has 1 aromatic carbocycles. The highest BCUT2D eigenvalue weighted by atomic mass is 79.9. The standard InChI is InChI=1S/C15H18BrN3O3/c16-10-4-5-11-12(9-10)15(22)19(14(11)21)8-1-3-13(20)18-7-2-6-17/h4-5,9H,1-3,6-8,17H2,(H,18,20). The van der Waals surface area contributed by atoms with Gasteiger partial charge in [0.15, 0.2) is 0 Å². The quantitative estimate of drug-likeness (QED) is 0.560. The van der Waals surface area contributed by atoms with Gasteiger partial charge >= 0.3 is 0 Å². The summed E-state index contributed by atoms with van der Waals surface area (Å²) >= 11 is 3.29. The molecular weight excluding hydrogens is 350 g/mol. The number of hydrogen-bond donors (Lipinski definition) is 2. The Bertz CT molecular complexity index is 604. The average molecular weight is 368 g/mol. The highest BCUT2D eigenvalue weighted by molar-refractivity contribution is 9.10. The molecular formula is C15H18BrN3O3. The number of nitrogens with zero attached hydrogens (tertiary/aromatic N) is 1. The van der Waals surface area contributed by atoms with E-state index in [4.69, 9.17) is 5.73 Å². The van der Waals surface area contributed by atoms with E-state index in [-0.39, 0.29) is 30.7 Å². The second-order valence-electron chi connectivity index (χ2n) is 5.05. The SMILES string of the molecule is NCCCNC(=O)CCCN1C(=O)c2ccc(Br)cc2C1=O. The van der Waals surface area contributed by atoms with Gasteiger partial charge in [-0.1, -0.05) is 15.9 Å². The second kappa shape index (κ2) is 7.51. The van der Waals surface area contributed by atoms with Gasteiger partial charge < -0.3 is 11.1 Å². The van der Waals surface area contributed by atoms with Crippen LogP contribution in [0.25, 0.3) is 0 Å². The van der Waals surface area contributed by atoms with Crippen molar-refractivity contribution in [2.45, 2.75) is 19.3 Å². The van der Waals surface area contributed by atoms with Crippen LogP contribution in [-0.2, 0) is 4.79 Å². The molecule has 22 heavy (non-hydrogen) atoms. The zero-order valence-corrected chi connectivity index (χ0v) is 13.7. The van der Waals surface area contributed by atoms with E-state index in [1.807, 2.05) is 0 Å². The summed E-state index contributed by atoms with van der Waals surface area (Å²) in [6.45, 7) is 1.33. The number of imide groups is 1. The molecule has 118 valence electrons. The topological polar surface area (TPSA) is 92.5 Å².